The van der Waals surface area contributed by atoms with Crippen LogP contribution in [0.3, 0.4) is 0 Å². The molecule has 2 aliphatic rings. The van der Waals surface area contributed by atoms with Gasteiger partial charge in [0.15, 0.2) is 11.5 Å². The molecule has 0 saturated heterocycles. The zero-order chi connectivity index (χ0) is 16.6. The number of methoxy groups -OCH3 is 1. The van der Waals surface area contributed by atoms with Crippen molar-refractivity contribution >= 4 is 12.0 Å². The average Bonchev–Trinajstić information content (AvgIpc) is 3.01. The van der Waals surface area contributed by atoms with Gasteiger partial charge in [-0.25, -0.2) is 9.59 Å². The third kappa shape index (κ3) is 2.48. The van der Waals surface area contributed by atoms with Crippen molar-refractivity contribution in [3.05, 3.63) is 35.0 Å². The normalized spacial score (nSPS) is 19.7. The number of rotatable bonds is 3. The van der Waals surface area contributed by atoms with Crippen molar-refractivity contribution in [3.8, 4) is 11.5 Å². The molecule has 122 valence electrons. The number of allylic oxidation sites excluding steroid dienone is 1. The van der Waals surface area contributed by atoms with E-state index in [0.29, 0.717) is 29.3 Å². The smallest absolute Gasteiger partial charge is 0.337 e. The van der Waals surface area contributed by atoms with Crippen LogP contribution in [0.4, 0.5) is 4.79 Å². The number of hydrogen-bond donors (Lipinski definition) is 1. The monoisotopic (exact) mass is 318 g/mol. The first-order chi connectivity index (χ1) is 11.1. The molecule has 0 bridgehead atoms. The number of fused-ring (bicyclic) bond motifs is 1. The second kappa shape index (κ2) is 5.83. The first-order valence-corrected chi connectivity index (χ1v) is 7.33. The van der Waals surface area contributed by atoms with Gasteiger partial charge in [0.25, 0.3) is 0 Å². The third-order valence-electron chi connectivity index (χ3n) is 4.05. The molecule has 0 radical (unpaired) electrons. The van der Waals surface area contributed by atoms with Crippen molar-refractivity contribution in [1.29, 1.82) is 0 Å². The molecular formula is C16H18N2O5. The number of ether oxygens (including phenoxy) is 3. The summed E-state index contributed by atoms with van der Waals surface area (Å²) < 4.78 is 15.6. The molecule has 0 aliphatic carbocycles. The highest BCUT2D eigenvalue weighted by atomic mass is 16.7. The third-order valence-corrected chi connectivity index (χ3v) is 4.05. The van der Waals surface area contributed by atoms with E-state index in [4.69, 9.17) is 14.2 Å². The van der Waals surface area contributed by atoms with Crippen LogP contribution in [-0.4, -0.2) is 37.3 Å². The van der Waals surface area contributed by atoms with Crippen LogP contribution in [0.1, 0.15) is 25.5 Å². The van der Waals surface area contributed by atoms with Crippen LogP contribution in [0.25, 0.3) is 0 Å². The van der Waals surface area contributed by atoms with Crippen LogP contribution in [-0.2, 0) is 9.53 Å². The molecule has 7 nitrogen and oxygen atoms in total. The molecule has 0 spiro atoms. The number of carbonyl (C=O) groups excluding carboxylic acids is 2. The Morgan fingerprint density at radius 2 is 2.13 bits per heavy atom. The maximum absolute atomic E-state index is 12.3. The van der Waals surface area contributed by atoms with Gasteiger partial charge < -0.3 is 19.5 Å². The minimum atomic E-state index is -0.591. The topological polar surface area (TPSA) is 77.1 Å². The molecule has 1 N–H and O–H groups in total. The summed E-state index contributed by atoms with van der Waals surface area (Å²) in [6, 6.07) is 4.49. The van der Waals surface area contributed by atoms with Crippen LogP contribution in [0, 0.1) is 0 Å². The van der Waals surface area contributed by atoms with Gasteiger partial charge in [-0.3, -0.25) is 4.90 Å². The quantitative estimate of drug-likeness (QED) is 0.862. The highest BCUT2D eigenvalue weighted by molar-refractivity contribution is 5.95. The standard InChI is InChI=1S/C16H18N2O5/c1-4-18-9(2)13(15(19)21-3)14(17-16(18)20)10-5-6-11-12(7-10)23-8-22-11/h5-7,14H,4,8H2,1-3H3,(H,17,20)/t14-/m0/s1. The van der Waals surface area contributed by atoms with Crippen LogP contribution in [0.15, 0.2) is 29.5 Å². The van der Waals surface area contributed by atoms with E-state index < -0.39 is 12.0 Å². The lowest BCUT2D eigenvalue weighted by Crippen LogP contribution is -2.47. The van der Waals surface area contributed by atoms with Gasteiger partial charge in [-0.15, -0.1) is 0 Å². The fourth-order valence-electron chi connectivity index (χ4n) is 2.88. The van der Waals surface area contributed by atoms with E-state index in [2.05, 4.69) is 5.32 Å². The van der Waals surface area contributed by atoms with Crippen molar-refractivity contribution in [2.75, 3.05) is 20.4 Å². The molecular weight excluding hydrogens is 300 g/mol. The number of nitrogens with zero attached hydrogens (tertiary/aromatic N) is 1. The Balaban J connectivity index is 2.07. The van der Waals surface area contributed by atoms with E-state index in [1.54, 1.807) is 25.1 Å². The highest BCUT2D eigenvalue weighted by Crippen LogP contribution is 2.38. The van der Waals surface area contributed by atoms with Gasteiger partial charge >= 0.3 is 12.0 Å². The summed E-state index contributed by atoms with van der Waals surface area (Å²) in [5.41, 5.74) is 1.73. The first kappa shape index (κ1) is 15.2. The zero-order valence-corrected chi connectivity index (χ0v) is 13.2. The van der Waals surface area contributed by atoms with E-state index in [1.807, 2.05) is 6.92 Å². The molecule has 23 heavy (non-hydrogen) atoms. The van der Waals surface area contributed by atoms with Crippen molar-refractivity contribution in [3.63, 3.8) is 0 Å². The van der Waals surface area contributed by atoms with Gasteiger partial charge in [0.1, 0.15) is 0 Å². The summed E-state index contributed by atoms with van der Waals surface area (Å²) in [5.74, 6) is 0.770. The lowest BCUT2D eigenvalue weighted by Gasteiger charge is -2.34. The van der Waals surface area contributed by atoms with Gasteiger partial charge in [-0.1, -0.05) is 6.07 Å². The maximum Gasteiger partial charge on any atom is 0.337 e. The van der Waals surface area contributed by atoms with E-state index in [0.717, 1.165) is 5.56 Å². The van der Waals surface area contributed by atoms with Gasteiger partial charge in [-0.05, 0) is 31.5 Å². The van der Waals surface area contributed by atoms with Crippen LogP contribution >= 0.6 is 0 Å². The van der Waals surface area contributed by atoms with Crippen LogP contribution < -0.4 is 14.8 Å². The van der Waals surface area contributed by atoms with Crippen molar-refractivity contribution in [2.45, 2.75) is 19.9 Å². The zero-order valence-electron chi connectivity index (χ0n) is 13.2. The molecule has 1 atom stereocenters. The number of hydrogen-bond acceptors (Lipinski definition) is 5. The van der Waals surface area contributed by atoms with Crippen LogP contribution in [0.2, 0.25) is 0 Å². The summed E-state index contributed by atoms with van der Waals surface area (Å²) in [7, 11) is 1.33. The van der Waals surface area contributed by atoms with Gasteiger partial charge in [0.05, 0.1) is 18.7 Å². The molecule has 0 aromatic heterocycles. The molecule has 2 amide bonds. The number of benzene rings is 1. The molecule has 0 unspecified atom stereocenters. The Bertz CT molecular complexity index is 698. The predicted octanol–water partition coefficient (Wildman–Crippen LogP) is 1.95. The lowest BCUT2D eigenvalue weighted by molar-refractivity contribution is -0.136. The SMILES string of the molecule is CCN1C(=O)N[C@@H](c2ccc3c(c2)OCO3)C(C(=O)OC)=C1C. The van der Waals surface area contributed by atoms with E-state index in [9.17, 15) is 9.59 Å². The Morgan fingerprint density at radius 3 is 2.83 bits per heavy atom. The molecule has 1 aromatic carbocycles. The Morgan fingerprint density at radius 1 is 1.39 bits per heavy atom. The van der Waals surface area contributed by atoms with Crippen LogP contribution in [0.5, 0.6) is 11.5 Å². The largest absolute Gasteiger partial charge is 0.466 e. The summed E-state index contributed by atoms with van der Waals surface area (Å²) in [6.45, 7) is 4.22. The fraction of sp³-hybridized carbons (Fsp3) is 0.375. The molecule has 1 aromatic rings. The van der Waals surface area contributed by atoms with E-state index in [-0.39, 0.29) is 12.8 Å². The second-order valence-corrected chi connectivity index (χ2v) is 5.23. The van der Waals surface area contributed by atoms with E-state index >= 15 is 0 Å². The Kier molecular flexibility index (Phi) is 3.85. The predicted molar refractivity (Wildman–Crippen MR) is 80.9 cm³/mol. The molecule has 2 heterocycles. The second-order valence-electron chi connectivity index (χ2n) is 5.23. The molecule has 3 rings (SSSR count). The maximum atomic E-state index is 12.3. The van der Waals surface area contributed by atoms with E-state index in [1.165, 1.54) is 12.0 Å². The van der Waals surface area contributed by atoms with Gasteiger partial charge in [0, 0.05) is 12.2 Å². The van der Waals surface area contributed by atoms with Gasteiger partial charge in [0.2, 0.25) is 6.79 Å². The van der Waals surface area contributed by atoms with Gasteiger partial charge in [-0.2, -0.15) is 0 Å². The number of carbonyl (C=O) groups is 2. The Labute approximate surface area is 133 Å². The highest BCUT2D eigenvalue weighted by Gasteiger charge is 2.36. The summed E-state index contributed by atoms with van der Waals surface area (Å²) in [5, 5.41) is 2.85. The summed E-state index contributed by atoms with van der Waals surface area (Å²) in [6.07, 6.45) is 0. The lowest BCUT2D eigenvalue weighted by atomic mass is 9.94. The van der Waals surface area contributed by atoms with Crippen molar-refractivity contribution < 1.29 is 23.8 Å². The molecule has 0 saturated carbocycles. The minimum Gasteiger partial charge on any atom is -0.466 e. The fourth-order valence-corrected chi connectivity index (χ4v) is 2.88. The minimum absolute atomic E-state index is 0.165. The number of amides is 2. The summed E-state index contributed by atoms with van der Waals surface area (Å²) >= 11 is 0. The molecule has 2 aliphatic heterocycles. The first-order valence-electron chi connectivity index (χ1n) is 7.33. The van der Waals surface area contributed by atoms with Crippen molar-refractivity contribution in [1.82, 2.24) is 10.2 Å². The molecule has 0 fully saturated rings. The average molecular weight is 318 g/mol. The number of nitrogens with one attached hydrogen (secondary N) is 1. The van der Waals surface area contributed by atoms with Crippen molar-refractivity contribution in [2.24, 2.45) is 0 Å². The summed E-state index contributed by atoms with van der Waals surface area (Å²) in [4.78, 5) is 26.0. The molecule has 7 heteroatoms. The number of esters is 1. The Hall–Kier alpha value is -2.70. The number of urea groups is 1.